The highest BCUT2D eigenvalue weighted by Crippen LogP contribution is 2.18. The van der Waals surface area contributed by atoms with Gasteiger partial charge in [-0.1, -0.05) is 30.4 Å². The molecule has 1 unspecified atom stereocenters. The molecule has 1 aromatic carbocycles. The Morgan fingerprint density at radius 1 is 1.41 bits per heavy atom. The SMILES string of the molecule is CN(C(=O)c1ccccc1C=O)C1CCCC(=S)NC(=O)C1. The molecule has 0 bridgehead atoms. The number of rotatable bonds is 3. The smallest absolute Gasteiger partial charge is 0.254 e. The normalized spacial score (nSPS) is 18.9. The lowest BCUT2D eigenvalue weighted by Gasteiger charge is -2.30. The van der Waals surface area contributed by atoms with E-state index in [-0.39, 0.29) is 24.3 Å². The fourth-order valence-corrected chi connectivity index (χ4v) is 2.82. The number of hydrogen-bond acceptors (Lipinski definition) is 4. The minimum Gasteiger partial charge on any atom is -0.338 e. The molecule has 116 valence electrons. The molecule has 1 heterocycles. The first-order valence-corrected chi connectivity index (χ1v) is 7.57. The van der Waals surface area contributed by atoms with Gasteiger partial charge in [0.05, 0.1) is 10.6 Å². The first-order valence-electron chi connectivity index (χ1n) is 7.17. The van der Waals surface area contributed by atoms with E-state index in [1.807, 2.05) is 0 Å². The topological polar surface area (TPSA) is 66.5 Å². The second-order valence-corrected chi connectivity index (χ2v) is 5.84. The number of carbonyl (C=O) groups is 3. The lowest BCUT2D eigenvalue weighted by molar-refractivity contribution is -0.120. The molecule has 5 nitrogen and oxygen atoms in total. The maximum absolute atomic E-state index is 12.6. The Kier molecular flexibility index (Phi) is 5.38. The zero-order valence-electron chi connectivity index (χ0n) is 12.4. The van der Waals surface area contributed by atoms with Gasteiger partial charge >= 0.3 is 0 Å². The van der Waals surface area contributed by atoms with Gasteiger partial charge in [0.15, 0.2) is 6.29 Å². The molecule has 1 fully saturated rings. The van der Waals surface area contributed by atoms with Crippen LogP contribution < -0.4 is 5.32 Å². The maximum atomic E-state index is 12.6. The lowest BCUT2D eigenvalue weighted by Crippen LogP contribution is -2.43. The average Bonchev–Trinajstić information content (AvgIpc) is 2.50. The van der Waals surface area contributed by atoms with Gasteiger partial charge in [0.2, 0.25) is 5.91 Å². The molecule has 2 amide bonds. The predicted octanol–water partition coefficient (Wildman–Crippen LogP) is 1.96. The van der Waals surface area contributed by atoms with Crippen molar-refractivity contribution in [2.24, 2.45) is 0 Å². The molecule has 1 aliphatic heterocycles. The van der Waals surface area contributed by atoms with E-state index in [9.17, 15) is 14.4 Å². The van der Waals surface area contributed by atoms with Crippen LogP contribution in [0.2, 0.25) is 0 Å². The molecule has 0 radical (unpaired) electrons. The molecule has 2 rings (SSSR count). The van der Waals surface area contributed by atoms with Crippen molar-refractivity contribution in [3.63, 3.8) is 0 Å². The number of amides is 2. The van der Waals surface area contributed by atoms with Crippen LogP contribution in [-0.4, -0.2) is 41.1 Å². The van der Waals surface area contributed by atoms with E-state index in [0.717, 1.165) is 6.42 Å². The van der Waals surface area contributed by atoms with E-state index < -0.39 is 0 Å². The number of carbonyl (C=O) groups excluding carboxylic acids is 3. The summed E-state index contributed by atoms with van der Waals surface area (Å²) in [6, 6.07) is 6.47. The van der Waals surface area contributed by atoms with Crippen molar-refractivity contribution in [3.8, 4) is 0 Å². The molecule has 1 saturated heterocycles. The quantitative estimate of drug-likeness (QED) is 0.683. The molecule has 1 atom stereocenters. The Morgan fingerprint density at radius 3 is 2.86 bits per heavy atom. The molecule has 1 aliphatic rings. The third-order valence-corrected chi connectivity index (χ3v) is 4.13. The Hall–Kier alpha value is -2.08. The standard InChI is InChI=1S/C16H18N2O3S/c1-18(12-6-4-8-15(22)17-14(20)9-12)16(21)13-7-3-2-5-11(13)10-19/h2-3,5,7,10,12H,4,6,8-9H2,1H3,(H,17,20,22). The molecule has 0 aliphatic carbocycles. The van der Waals surface area contributed by atoms with Crippen molar-refractivity contribution in [2.75, 3.05) is 7.05 Å². The third-order valence-electron chi connectivity index (χ3n) is 3.83. The first kappa shape index (κ1) is 16.3. The van der Waals surface area contributed by atoms with Gasteiger partial charge in [-0.3, -0.25) is 14.4 Å². The van der Waals surface area contributed by atoms with Gasteiger partial charge < -0.3 is 10.2 Å². The van der Waals surface area contributed by atoms with Crippen molar-refractivity contribution >= 4 is 35.3 Å². The van der Waals surface area contributed by atoms with Crippen LogP contribution >= 0.6 is 12.2 Å². The number of nitrogens with zero attached hydrogens (tertiary/aromatic N) is 1. The molecule has 0 aromatic heterocycles. The van der Waals surface area contributed by atoms with Crippen LogP contribution in [0, 0.1) is 0 Å². The van der Waals surface area contributed by atoms with Crippen LogP contribution in [0.1, 0.15) is 46.4 Å². The summed E-state index contributed by atoms with van der Waals surface area (Å²) in [5.74, 6) is -0.415. The summed E-state index contributed by atoms with van der Waals surface area (Å²) in [5.41, 5.74) is 0.716. The van der Waals surface area contributed by atoms with E-state index in [0.29, 0.717) is 35.2 Å². The van der Waals surface area contributed by atoms with E-state index in [2.05, 4.69) is 5.32 Å². The molecule has 1 aromatic rings. The predicted molar refractivity (Wildman–Crippen MR) is 86.9 cm³/mol. The number of nitrogens with one attached hydrogen (secondary N) is 1. The minimum absolute atomic E-state index is 0.168. The molecule has 0 saturated carbocycles. The third kappa shape index (κ3) is 3.76. The summed E-state index contributed by atoms with van der Waals surface area (Å²) in [7, 11) is 1.67. The summed E-state index contributed by atoms with van der Waals surface area (Å²) in [6.45, 7) is 0. The van der Waals surface area contributed by atoms with Gasteiger partial charge in [-0.05, 0) is 25.3 Å². The Morgan fingerprint density at radius 2 is 2.14 bits per heavy atom. The molecular formula is C16H18N2O3S. The van der Waals surface area contributed by atoms with Gasteiger partial charge in [-0.2, -0.15) is 0 Å². The summed E-state index contributed by atoms with van der Waals surface area (Å²) in [4.78, 5) is 37.6. The van der Waals surface area contributed by atoms with Crippen LogP contribution in [0.3, 0.4) is 0 Å². The van der Waals surface area contributed by atoms with Gasteiger partial charge in [0, 0.05) is 25.1 Å². The summed E-state index contributed by atoms with van der Waals surface area (Å²) in [6.07, 6.45) is 3.05. The lowest BCUT2D eigenvalue weighted by atomic mass is 10.0. The maximum Gasteiger partial charge on any atom is 0.254 e. The van der Waals surface area contributed by atoms with Gasteiger partial charge in [-0.25, -0.2) is 0 Å². The summed E-state index contributed by atoms with van der Waals surface area (Å²) >= 11 is 5.04. The van der Waals surface area contributed by atoms with Gasteiger partial charge in [-0.15, -0.1) is 0 Å². The number of hydrogen-bond donors (Lipinski definition) is 1. The fourth-order valence-electron chi connectivity index (χ4n) is 2.56. The highest BCUT2D eigenvalue weighted by Gasteiger charge is 2.26. The molecule has 22 heavy (non-hydrogen) atoms. The van der Waals surface area contributed by atoms with Crippen LogP contribution in [0.5, 0.6) is 0 Å². The van der Waals surface area contributed by atoms with Crippen molar-refractivity contribution in [2.45, 2.75) is 31.7 Å². The number of thiocarbonyl (C=S) groups is 1. The zero-order chi connectivity index (χ0) is 16.1. The average molecular weight is 318 g/mol. The summed E-state index contributed by atoms with van der Waals surface area (Å²) < 4.78 is 0. The second-order valence-electron chi connectivity index (χ2n) is 5.34. The Labute approximate surface area is 134 Å². The zero-order valence-corrected chi connectivity index (χ0v) is 13.2. The van der Waals surface area contributed by atoms with E-state index in [1.54, 1.807) is 36.2 Å². The van der Waals surface area contributed by atoms with E-state index in [1.165, 1.54) is 0 Å². The fraction of sp³-hybridized carbons (Fsp3) is 0.375. The monoisotopic (exact) mass is 318 g/mol. The second kappa shape index (κ2) is 7.26. The van der Waals surface area contributed by atoms with Crippen LogP contribution in [0.15, 0.2) is 24.3 Å². The highest BCUT2D eigenvalue weighted by molar-refractivity contribution is 7.80. The van der Waals surface area contributed by atoms with E-state index in [4.69, 9.17) is 12.2 Å². The van der Waals surface area contributed by atoms with Crippen LogP contribution in [0.4, 0.5) is 0 Å². The van der Waals surface area contributed by atoms with Crippen molar-refractivity contribution < 1.29 is 14.4 Å². The highest BCUT2D eigenvalue weighted by atomic mass is 32.1. The van der Waals surface area contributed by atoms with Gasteiger partial charge in [0.25, 0.3) is 5.91 Å². The van der Waals surface area contributed by atoms with Gasteiger partial charge in [0.1, 0.15) is 0 Å². The van der Waals surface area contributed by atoms with Crippen molar-refractivity contribution in [3.05, 3.63) is 35.4 Å². The van der Waals surface area contributed by atoms with E-state index >= 15 is 0 Å². The number of benzene rings is 1. The van der Waals surface area contributed by atoms with Crippen LogP contribution in [-0.2, 0) is 4.79 Å². The van der Waals surface area contributed by atoms with Crippen molar-refractivity contribution in [1.82, 2.24) is 10.2 Å². The molecule has 6 heteroatoms. The van der Waals surface area contributed by atoms with Crippen LogP contribution in [0.25, 0.3) is 0 Å². The minimum atomic E-state index is -0.247. The molecular weight excluding hydrogens is 300 g/mol. The first-order chi connectivity index (χ1) is 10.5. The Balaban J connectivity index is 2.17. The Bertz CT molecular complexity index is 615. The molecule has 0 spiro atoms. The largest absolute Gasteiger partial charge is 0.338 e. The molecule has 1 N–H and O–H groups in total. The summed E-state index contributed by atoms with van der Waals surface area (Å²) in [5, 5.41) is 2.67. The van der Waals surface area contributed by atoms with Crippen molar-refractivity contribution in [1.29, 1.82) is 0 Å². The number of aldehydes is 1.